The van der Waals surface area contributed by atoms with Crippen LogP contribution in [0.25, 0.3) is 0 Å². The smallest absolute Gasteiger partial charge is 0.240 e. The molecular weight excluding hydrogens is 256 g/mol. The van der Waals surface area contributed by atoms with Crippen molar-refractivity contribution in [3.63, 3.8) is 0 Å². The molecule has 0 aliphatic carbocycles. The van der Waals surface area contributed by atoms with Crippen LogP contribution in [-0.4, -0.2) is 39.3 Å². The van der Waals surface area contributed by atoms with Crippen molar-refractivity contribution in [2.24, 2.45) is 5.10 Å². The lowest BCUT2D eigenvalue weighted by Crippen LogP contribution is -2.23. The van der Waals surface area contributed by atoms with Crippen LogP contribution in [0.5, 0.6) is 0 Å². The van der Waals surface area contributed by atoms with Crippen LogP contribution < -0.4 is 0 Å². The summed E-state index contributed by atoms with van der Waals surface area (Å²) in [5.41, 5.74) is 0. The van der Waals surface area contributed by atoms with Crippen LogP contribution >= 0.6 is 12.2 Å². The number of hydrogen-bond donors (Lipinski definition) is 1. The molecule has 0 saturated carbocycles. The van der Waals surface area contributed by atoms with Gasteiger partial charge in [0.05, 0.1) is 6.21 Å². The number of rotatable bonds is 3. The number of carbonyl (C=O) groups excluding carboxylic acids is 2. The van der Waals surface area contributed by atoms with Gasteiger partial charge in [0.15, 0.2) is 12.4 Å². The van der Waals surface area contributed by atoms with Crippen LogP contribution in [0.1, 0.15) is 12.7 Å². The molecule has 1 aromatic rings. The average Bonchev–Trinajstić information content (AvgIpc) is 2.71. The molecule has 94 valence electrons. The van der Waals surface area contributed by atoms with E-state index in [4.69, 9.17) is 17.0 Å². The van der Waals surface area contributed by atoms with Crippen molar-refractivity contribution in [1.29, 1.82) is 0 Å². The van der Waals surface area contributed by atoms with Gasteiger partial charge in [0, 0.05) is 12.5 Å². The topological polar surface area (TPSA) is 89.3 Å². The molecular formula is C10H10N4O3S. The number of H-pyrrole nitrogens is 1. The highest BCUT2D eigenvalue weighted by atomic mass is 32.1. The third kappa shape index (κ3) is 2.43. The minimum absolute atomic E-state index is 0.227. The van der Waals surface area contributed by atoms with Gasteiger partial charge in [-0.3, -0.25) is 14.7 Å². The van der Waals surface area contributed by atoms with Crippen LogP contribution in [0.15, 0.2) is 16.9 Å². The van der Waals surface area contributed by atoms with Gasteiger partial charge in [-0.2, -0.15) is 14.9 Å². The molecule has 18 heavy (non-hydrogen) atoms. The average molecular weight is 266 g/mol. The SMILES string of the molecule is CCc1n[nH]c(=S)n1/N=C/C1=CC(=O)C(=O)CO1. The van der Waals surface area contributed by atoms with Crippen molar-refractivity contribution in [2.45, 2.75) is 13.3 Å². The maximum Gasteiger partial charge on any atom is 0.240 e. The first-order valence-corrected chi connectivity index (χ1v) is 5.65. The second kappa shape index (κ2) is 5.05. The highest BCUT2D eigenvalue weighted by Gasteiger charge is 2.18. The Labute approximate surface area is 107 Å². The number of carbonyl (C=O) groups is 2. The number of nitrogens with zero attached hydrogens (tertiary/aromatic N) is 3. The molecule has 1 N–H and O–H groups in total. The minimum atomic E-state index is -0.589. The third-order valence-corrected chi connectivity index (χ3v) is 2.52. The summed E-state index contributed by atoms with van der Waals surface area (Å²) in [7, 11) is 0. The molecule has 7 nitrogen and oxygen atoms in total. The summed E-state index contributed by atoms with van der Waals surface area (Å²) in [6.45, 7) is 1.66. The van der Waals surface area contributed by atoms with Gasteiger partial charge in [-0.1, -0.05) is 6.92 Å². The van der Waals surface area contributed by atoms with Gasteiger partial charge in [-0.15, -0.1) is 0 Å². The lowest BCUT2D eigenvalue weighted by atomic mass is 10.2. The largest absolute Gasteiger partial charge is 0.483 e. The molecule has 0 bridgehead atoms. The van der Waals surface area contributed by atoms with E-state index in [1.54, 1.807) is 0 Å². The normalized spacial score (nSPS) is 15.9. The first-order chi connectivity index (χ1) is 8.61. The Hall–Kier alpha value is -2.09. The van der Waals surface area contributed by atoms with E-state index in [9.17, 15) is 9.59 Å². The fourth-order valence-electron chi connectivity index (χ4n) is 1.33. The summed E-state index contributed by atoms with van der Waals surface area (Å²) >= 11 is 5.00. The molecule has 2 rings (SSSR count). The standard InChI is InChI=1S/C10H10N4O3S/c1-2-9-12-13-10(18)14(9)11-4-6-3-7(15)8(16)5-17-6/h3-4H,2,5H2,1H3,(H,13,18)/b11-4+. The summed E-state index contributed by atoms with van der Waals surface area (Å²) in [5.74, 6) is -0.268. The van der Waals surface area contributed by atoms with Gasteiger partial charge >= 0.3 is 0 Å². The number of allylic oxidation sites excluding steroid dienone is 2. The highest BCUT2D eigenvalue weighted by Crippen LogP contribution is 2.04. The molecule has 8 heteroatoms. The van der Waals surface area contributed by atoms with Gasteiger partial charge in [0.2, 0.25) is 16.3 Å². The minimum Gasteiger partial charge on any atom is -0.483 e. The molecule has 0 saturated heterocycles. The van der Waals surface area contributed by atoms with Crippen molar-refractivity contribution in [3.05, 3.63) is 22.4 Å². The number of nitrogens with one attached hydrogen (secondary N) is 1. The maximum atomic E-state index is 11.1. The van der Waals surface area contributed by atoms with Gasteiger partial charge in [0.25, 0.3) is 0 Å². The van der Waals surface area contributed by atoms with E-state index in [-0.39, 0.29) is 12.4 Å². The van der Waals surface area contributed by atoms with E-state index in [0.717, 1.165) is 6.08 Å². The van der Waals surface area contributed by atoms with E-state index >= 15 is 0 Å². The Balaban J connectivity index is 2.24. The lowest BCUT2D eigenvalue weighted by molar-refractivity contribution is -0.137. The van der Waals surface area contributed by atoms with Crippen LogP contribution in [0.2, 0.25) is 0 Å². The summed E-state index contributed by atoms with van der Waals surface area (Å²) in [6, 6.07) is 0. The zero-order valence-corrected chi connectivity index (χ0v) is 10.4. The molecule has 1 aliphatic heterocycles. The Morgan fingerprint density at radius 3 is 3.11 bits per heavy atom. The Kier molecular flexibility index (Phi) is 3.47. The van der Waals surface area contributed by atoms with Gasteiger partial charge < -0.3 is 4.74 Å². The van der Waals surface area contributed by atoms with E-state index in [0.29, 0.717) is 17.0 Å². The molecule has 0 fully saturated rings. The lowest BCUT2D eigenvalue weighted by Gasteiger charge is -2.09. The summed E-state index contributed by atoms with van der Waals surface area (Å²) < 4.78 is 6.82. The zero-order valence-electron chi connectivity index (χ0n) is 9.54. The van der Waals surface area contributed by atoms with E-state index in [1.165, 1.54) is 10.9 Å². The van der Waals surface area contributed by atoms with Crippen LogP contribution in [-0.2, 0) is 20.7 Å². The molecule has 0 unspecified atom stereocenters. The first kappa shape index (κ1) is 12.4. The second-order valence-electron chi connectivity index (χ2n) is 3.48. The van der Waals surface area contributed by atoms with Crippen LogP contribution in [0, 0.1) is 4.77 Å². The van der Waals surface area contributed by atoms with Crippen LogP contribution in [0.4, 0.5) is 0 Å². The summed E-state index contributed by atoms with van der Waals surface area (Å²) in [5, 5.41) is 10.6. The number of aromatic amines is 1. The maximum absolute atomic E-state index is 11.1. The predicted octanol–water partition coefficient (Wildman–Crippen LogP) is 0.389. The molecule has 0 aromatic carbocycles. The highest BCUT2D eigenvalue weighted by molar-refractivity contribution is 7.71. The number of ketones is 2. The van der Waals surface area contributed by atoms with Crippen molar-refractivity contribution >= 4 is 30.0 Å². The van der Waals surface area contributed by atoms with Crippen molar-refractivity contribution in [1.82, 2.24) is 14.9 Å². The second-order valence-corrected chi connectivity index (χ2v) is 3.86. The Morgan fingerprint density at radius 1 is 1.67 bits per heavy atom. The van der Waals surface area contributed by atoms with E-state index in [2.05, 4.69) is 15.3 Å². The third-order valence-electron chi connectivity index (χ3n) is 2.25. The Bertz CT molecular complexity index is 611. The molecule has 1 aromatic heterocycles. The summed E-state index contributed by atoms with van der Waals surface area (Å²) in [6.07, 6.45) is 3.08. The van der Waals surface area contributed by atoms with Crippen molar-refractivity contribution < 1.29 is 14.3 Å². The van der Waals surface area contributed by atoms with Gasteiger partial charge in [-0.05, 0) is 12.2 Å². The molecule has 1 aliphatic rings. The molecule has 0 spiro atoms. The van der Waals surface area contributed by atoms with Crippen molar-refractivity contribution in [3.8, 4) is 0 Å². The number of hydrogen-bond acceptors (Lipinski definition) is 6. The monoisotopic (exact) mass is 266 g/mol. The number of aryl methyl sites for hydroxylation is 1. The number of aromatic nitrogens is 3. The Morgan fingerprint density at radius 2 is 2.44 bits per heavy atom. The van der Waals surface area contributed by atoms with E-state index in [1.807, 2.05) is 6.92 Å². The van der Waals surface area contributed by atoms with Crippen LogP contribution in [0.3, 0.4) is 0 Å². The molecule has 0 atom stereocenters. The van der Waals surface area contributed by atoms with Gasteiger partial charge in [-0.25, -0.2) is 0 Å². The molecule has 0 amide bonds. The first-order valence-electron chi connectivity index (χ1n) is 5.24. The fourth-order valence-corrected chi connectivity index (χ4v) is 1.53. The summed E-state index contributed by atoms with van der Waals surface area (Å²) in [4.78, 5) is 22.1. The quantitative estimate of drug-likeness (QED) is 0.485. The zero-order chi connectivity index (χ0) is 13.1. The van der Waals surface area contributed by atoms with Gasteiger partial charge in [0.1, 0.15) is 5.76 Å². The fraction of sp³-hybridized carbons (Fsp3) is 0.300. The number of ether oxygens (including phenoxy) is 1. The number of Topliss-reactive ketones (excluding diaryl/α,β-unsaturated/α-hetero) is 1. The van der Waals surface area contributed by atoms with Crippen molar-refractivity contribution in [2.75, 3.05) is 6.61 Å². The molecule has 2 heterocycles. The predicted molar refractivity (Wildman–Crippen MR) is 64.7 cm³/mol. The molecule has 0 radical (unpaired) electrons. The van der Waals surface area contributed by atoms with E-state index < -0.39 is 11.6 Å².